The second kappa shape index (κ2) is 4.44. The third kappa shape index (κ3) is 2.36. The first-order valence-corrected chi connectivity index (χ1v) is 6.05. The average molecular weight is 225 g/mol. The summed E-state index contributed by atoms with van der Waals surface area (Å²) in [4.78, 5) is 22.3. The van der Waals surface area contributed by atoms with E-state index in [0.717, 1.165) is 12.3 Å². The molecule has 4 heteroatoms. The summed E-state index contributed by atoms with van der Waals surface area (Å²) in [5, 5.41) is 0. The van der Waals surface area contributed by atoms with Gasteiger partial charge in [-0.15, -0.1) is 0 Å². The van der Waals surface area contributed by atoms with Gasteiger partial charge >= 0.3 is 5.97 Å². The van der Waals surface area contributed by atoms with Gasteiger partial charge in [-0.3, -0.25) is 9.59 Å². The van der Waals surface area contributed by atoms with Gasteiger partial charge in [0.15, 0.2) is 6.10 Å². The van der Waals surface area contributed by atoms with E-state index >= 15 is 0 Å². The zero-order chi connectivity index (χ0) is 11.7. The standard InChI is InChI=1S/C12H19NO3/c1-7(12(13)15)16-11(14)6-10-5-8-2-3-9(10)4-8/h7-10H,2-6H2,1H3,(H2,13,15)/t7-,8-,9-,10+/m0/s1. The van der Waals surface area contributed by atoms with Gasteiger partial charge in [-0.2, -0.15) is 0 Å². The van der Waals surface area contributed by atoms with Crippen molar-refractivity contribution in [2.75, 3.05) is 0 Å². The molecular weight excluding hydrogens is 206 g/mol. The van der Waals surface area contributed by atoms with Crippen molar-refractivity contribution in [1.29, 1.82) is 0 Å². The van der Waals surface area contributed by atoms with Gasteiger partial charge in [0, 0.05) is 6.42 Å². The van der Waals surface area contributed by atoms with E-state index in [1.54, 1.807) is 0 Å². The highest BCUT2D eigenvalue weighted by Gasteiger charge is 2.40. The fourth-order valence-electron chi connectivity index (χ4n) is 3.14. The van der Waals surface area contributed by atoms with Crippen LogP contribution >= 0.6 is 0 Å². The highest BCUT2D eigenvalue weighted by atomic mass is 16.5. The third-order valence-electron chi connectivity index (χ3n) is 4.02. The van der Waals surface area contributed by atoms with Crippen LogP contribution in [0.25, 0.3) is 0 Å². The highest BCUT2D eigenvalue weighted by Crippen LogP contribution is 2.49. The lowest BCUT2D eigenvalue weighted by Gasteiger charge is -2.21. The summed E-state index contributed by atoms with van der Waals surface area (Å²) in [6.45, 7) is 1.51. The molecule has 2 rings (SSSR count). The lowest BCUT2D eigenvalue weighted by atomic mass is 9.86. The quantitative estimate of drug-likeness (QED) is 0.731. The van der Waals surface area contributed by atoms with Gasteiger partial charge in [-0.25, -0.2) is 0 Å². The summed E-state index contributed by atoms with van der Waals surface area (Å²) in [5.41, 5.74) is 5.04. The minimum Gasteiger partial charge on any atom is -0.453 e. The van der Waals surface area contributed by atoms with E-state index in [1.807, 2.05) is 0 Å². The molecule has 0 aromatic rings. The first kappa shape index (κ1) is 11.4. The smallest absolute Gasteiger partial charge is 0.306 e. The zero-order valence-corrected chi connectivity index (χ0v) is 9.65. The molecule has 16 heavy (non-hydrogen) atoms. The third-order valence-corrected chi connectivity index (χ3v) is 4.02. The number of hydrogen-bond acceptors (Lipinski definition) is 3. The second-order valence-corrected chi connectivity index (χ2v) is 5.17. The minimum atomic E-state index is -0.800. The Bertz CT molecular complexity index is 303. The van der Waals surface area contributed by atoms with Gasteiger partial charge in [0.1, 0.15) is 0 Å². The highest BCUT2D eigenvalue weighted by molar-refractivity contribution is 5.81. The van der Waals surface area contributed by atoms with Crippen LogP contribution in [0.1, 0.15) is 39.0 Å². The van der Waals surface area contributed by atoms with Gasteiger partial charge in [-0.1, -0.05) is 6.42 Å². The molecule has 2 N–H and O–H groups in total. The van der Waals surface area contributed by atoms with Crippen LogP contribution in [0.2, 0.25) is 0 Å². The van der Waals surface area contributed by atoms with Crippen LogP contribution in [0.4, 0.5) is 0 Å². The van der Waals surface area contributed by atoms with Crippen LogP contribution in [0.5, 0.6) is 0 Å². The Labute approximate surface area is 95.5 Å². The minimum absolute atomic E-state index is 0.274. The van der Waals surface area contributed by atoms with Crippen molar-refractivity contribution < 1.29 is 14.3 Å². The molecule has 0 radical (unpaired) electrons. The zero-order valence-electron chi connectivity index (χ0n) is 9.65. The number of carbonyl (C=O) groups is 2. The molecule has 90 valence electrons. The predicted octanol–water partition coefficient (Wildman–Crippen LogP) is 1.23. The molecule has 0 saturated heterocycles. The van der Waals surface area contributed by atoms with Crippen LogP contribution in [0.15, 0.2) is 0 Å². The molecule has 0 heterocycles. The molecule has 0 aromatic carbocycles. The van der Waals surface area contributed by atoms with E-state index in [2.05, 4.69) is 0 Å². The van der Waals surface area contributed by atoms with Crippen molar-refractivity contribution in [1.82, 2.24) is 0 Å². The summed E-state index contributed by atoms with van der Waals surface area (Å²) >= 11 is 0. The molecule has 0 spiro atoms. The van der Waals surface area contributed by atoms with Crippen molar-refractivity contribution >= 4 is 11.9 Å². The molecule has 2 bridgehead atoms. The van der Waals surface area contributed by atoms with Crippen LogP contribution in [0, 0.1) is 17.8 Å². The van der Waals surface area contributed by atoms with Gasteiger partial charge < -0.3 is 10.5 Å². The second-order valence-electron chi connectivity index (χ2n) is 5.17. The van der Waals surface area contributed by atoms with Crippen molar-refractivity contribution in [3.63, 3.8) is 0 Å². The van der Waals surface area contributed by atoms with Gasteiger partial charge in [-0.05, 0) is 43.9 Å². The monoisotopic (exact) mass is 225 g/mol. The van der Waals surface area contributed by atoms with E-state index in [4.69, 9.17) is 10.5 Å². The Morgan fingerprint density at radius 2 is 2.12 bits per heavy atom. The van der Waals surface area contributed by atoms with Gasteiger partial charge in [0.25, 0.3) is 5.91 Å². The SMILES string of the molecule is C[C@H](OC(=O)C[C@H]1C[C@H]2CC[C@H]1C2)C(N)=O. The van der Waals surface area contributed by atoms with E-state index in [0.29, 0.717) is 18.3 Å². The summed E-state index contributed by atoms with van der Waals surface area (Å²) in [5.74, 6) is 1.16. The van der Waals surface area contributed by atoms with Crippen molar-refractivity contribution in [2.45, 2.75) is 45.1 Å². The Hall–Kier alpha value is -1.06. The first-order valence-electron chi connectivity index (χ1n) is 6.05. The van der Waals surface area contributed by atoms with E-state index in [9.17, 15) is 9.59 Å². The molecular formula is C12H19NO3. The Morgan fingerprint density at radius 1 is 1.38 bits per heavy atom. The van der Waals surface area contributed by atoms with Crippen molar-refractivity contribution in [2.24, 2.45) is 23.5 Å². The van der Waals surface area contributed by atoms with Gasteiger partial charge in [0.05, 0.1) is 0 Å². The molecule has 4 atom stereocenters. The molecule has 2 fully saturated rings. The lowest BCUT2D eigenvalue weighted by molar-refractivity contribution is -0.155. The number of primary amides is 1. The number of hydrogen-bond donors (Lipinski definition) is 1. The van der Waals surface area contributed by atoms with Crippen LogP contribution in [0.3, 0.4) is 0 Å². The summed E-state index contributed by atoms with van der Waals surface area (Å²) in [7, 11) is 0. The van der Waals surface area contributed by atoms with Crippen LogP contribution in [-0.4, -0.2) is 18.0 Å². The van der Waals surface area contributed by atoms with Crippen molar-refractivity contribution in [3.05, 3.63) is 0 Å². The Morgan fingerprint density at radius 3 is 2.62 bits per heavy atom. The fraction of sp³-hybridized carbons (Fsp3) is 0.833. The molecule has 2 aliphatic rings. The average Bonchev–Trinajstić information content (AvgIpc) is 2.78. The summed E-state index contributed by atoms with van der Waals surface area (Å²) < 4.78 is 4.97. The number of fused-ring (bicyclic) bond motifs is 2. The number of carbonyl (C=O) groups excluding carboxylic acids is 2. The van der Waals surface area contributed by atoms with Crippen LogP contribution in [-0.2, 0) is 14.3 Å². The maximum atomic E-state index is 11.6. The number of nitrogens with two attached hydrogens (primary N) is 1. The Balaban J connectivity index is 1.77. The molecule has 0 unspecified atom stereocenters. The number of esters is 1. The maximum Gasteiger partial charge on any atom is 0.306 e. The van der Waals surface area contributed by atoms with Gasteiger partial charge in [0.2, 0.25) is 0 Å². The fourth-order valence-corrected chi connectivity index (χ4v) is 3.14. The predicted molar refractivity (Wildman–Crippen MR) is 58.3 cm³/mol. The summed E-state index contributed by atoms with van der Waals surface area (Å²) in [6.07, 6.45) is 4.68. The molecule has 0 aromatic heterocycles. The van der Waals surface area contributed by atoms with E-state index < -0.39 is 12.0 Å². The molecule has 1 amide bonds. The van der Waals surface area contributed by atoms with E-state index in [-0.39, 0.29) is 5.97 Å². The normalized spacial score (nSPS) is 33.7. The topological polar surface area (TPSA) is 69.4 Å². The molecule has 2 saturated carbocycles. The van der Waals surface area contributed by atoms with E-state index in [1.165, 1.54) is 26.2 Å². The molecule has 2 aliphatic carbocycles. The first-order chi connectivity index (χ1) is 7.56. The number of amides is 1. The number of rotatable bonds is 4. The van der Waals surface area contributed by atoms with Crippen molar-refractivity contribution in [3.8, 4) is 0 Å². The molecule has 4 nitrogen and oxygen atoms in total. The Kier molecular flexibility index (Phi) is 3.17. The van der Waals surface area contributed by atoms with Crippen LogP contribution < -0.4 is 5.73 Å². The lowest BCUT2D eigenvalue weighted by Crippen LogP contribution is -2.31. The molecule has 0 aliphatic heterocycles. The number of ether oxygens (including phenoxy) is 1. The summed E-state index contributed by atoms with van der Waals surface area (Å²) in [6, 6.07) is 0. The maximum absolute atomic E-state index is 11.6. The largest absolute Gasteiger partial charge is 0.453 e.